The first-order valence-electron chi connectivity index (χ1n) is 7.63. The average Bonchev–Trinajstić information content (AvgIpc) is 3.26. The summed E-state index contributed by atoms with van der Waals surface area (Å²) >= 11 is 0. The van der Waals surface area contributed by atoms with Crippen molar-refractivity contribution in [2.75, 3.05) is 25.1 Å². The second kappa shape index (κ2) is 7.41. The van der Waals surface area contributed by atoms with Gasteiger partial charge in [-0.2, -0.15) is 0 Å². The van der Waals surface area contributed by atoms with Gasteiger partial charge < -0.3 is 15.2 Å². The van der Waals surface area contributed by atoms with Crippen LogP contribution in [0.5, 0.6) is 0 Å². The fraction of sp³-hybridized carbons (Fsp3) is 0.625. The molecule has 0 saturated heterocycles. The summed E-state index contributed by atoms with van der Waals surface area (Å²) in [5, 5.41) is 12.3. The molecule has 0 amide bonds. The highest BCUT2D eigenvalue weighted by atomic mass is 16.5. The lowest BCUT2D eigenvalue weighted by molar-refractivity contribution is 0.0696. The van der Waals surface area contributed by atoms with Gasteiger partial charge in [0, 0.05) is 25.5 Å². The van der Waals surface area contributed by atoms with Crippen LogP contribution < -0.4 is 5.32 Å². The van der Waals surface area contributed by atoms with E-state index < -0.39 is 5.97 Å². The van der Waals surface area contributed by atoms with Gasteiger partial charge in [-0.1, -0.05) is 13.8 Å². The predicted molar refractivity (Wildman–Crippen MR) is 81.9 cm³/mol. The number of pyridine rings is 1. The van der Waals surface area contributed by atoms with Gasteiger partial charge in [-0.25, -0.2) is 9.78 Å². The van der Waals surface area contributed by atoms with Crippen LogP contribution in [0.2, 0.25) is 0 Å². The van der Waals surface area contributed by atoms with E-state index in [1.54, 1.807) is 12.1 Å². The SMILES string of the molecule is CC(C)c1cc(C(=O)O)cc(NCCCOCC2CC2)n1. The normalized spacial score (nSPS) is 14.4. The van der Waals surface area contributed by atoms with Crippen LogP contribution in [0.25, 0.3) is 0 Å². The number of carboxylic acids is 1. The Bertz CT molecular complexity index is 484. The highest BCUT2D eigenvalue weighted by Gasteiger charge is 2.20. The summed E-state index contributed by atoms with van der Waals surface area (Å²) in [6.07, 6.45) is 3.51. The Kier molecular flexibility index (Phi) is 5.56. The first-order valence-corrected chi connectivity index (χ1v) is 7.63. The van der Waals surface area contributed by atoms with Crippen LogP contribution in [0.15, 0.2) is 12.1 Å². The first kappa shape index (κ1) is 15.8. The molecule has 0 unspecified atom stereocenters. The minimum absolute atomic E-state index is 0.201. The smallest absolute Gasteiger partial charge is 0.335 e. The van der Waals surface area contributed by atoms with Crippen molar-refractivity contribution in [3.8, 4) is 0 Å². The molecule has 5 nitrogen and oxygen atoms in total. The van der Waals surface area contributed by atoms with Gasteiger partial charge in [0.05, 0.1) is 5.56 Å². The number of ether oxygens (including phenoxy) is 1. The van der Waals surface area contributed by atoms with Crippen molar-refractivity contribution in [3.63, 3.8) is 0 Å². The number of nitrogens with one attached hydrogen (secondary N) is 1. The van der Waals surface area contributed by atoms with Gasteiger partial charge >= 0.3 is 5.97 Å². The molecular formula is C16H24N2O3. The third-order valence-corrected chi connectivity index (χ3v) is 3.51. The minimum Gasteiger partial charge on any atom is -0.478 e. The number of hydrogen-bond acceptors (Lipinski definition) is 4. The van der Waals surface area contributed by atoms with Gasteiger partial charge in [-0.05, 0) is 43.2 Å². The molecule has 1 fully saturated rings. The Morgan fingerprint density at radius 3 is 2.86 bits per heavy atom. The molecule has 2 N–H and O–H groups in total. The Morgan fingerprint density at radius 1 is 1.48 bits per heavy atom. The quantitative estimate of drug-likeness (QED) is 0.684. The Labute approximate surface area is 125 Å². The zero-order valence-corrected chi connectivity index (χ0v) is 12.8. The average molecular weight is 292 g/mol. The Morgan fingerprint density at radius 2 is 2.24 bits per heavy atom. The molecular weight excluding hydrogens is 268 g/mol. The van der Waals surface area contributed by atoms with Crippen LogP contribution in [0.4, 0.5) is 5.82 Å². The first-order chi connectivity index (χ1) is 10.1. The summed E-state index contributed by atoms with van der Waals surface area (Å²) in [5.41, 5.74) is 1.07. The third-order valence-electron chi connectivity index (χ3n) is 3.51. The highest BCUT2D eigenvalue weighted by molar-refractivity contribution is 5.88. The second-order valence-corrected chi connectivity index (χ2v) is 5.92. The second-order valence-electron chi connectivity index (χ2n) is 5.92. The van der Waals surface area contributed by atoms with E-state index in [9.17, 15) is 4.79 Å². The summed E-state index contributed by atoms with van der Waals surface area (Å²) in [6.45, 7) is 6.36. The number of rotatable bonds is 9. The zero-order valence-electron chi connectivity index (χ0n) is 12.8. The molecule has 1 heterocycles. The standard InChI is InChI=1S/C16H24N2O3/c1-11(2)14-8-13(16(19)20)9-15(18-14)17-6-3-7-21-10-12-4-5-12/h8-9,11-12H,3-7,10H2,1-2H3,(H,17,18)(H,19,20). The minimum atomic E-state index is -0.921. The van der Waals surface area contributed by atoms with Gasteiger partial charge in [0.1, 0.15) is 5.82 Å². The number of aromatic carboxylic acids is 1. The van der Waals surface area contributed by atoms with Gasteiger partial charge in [0.15, 0.2) is 0 Å². The van der Waals surface area contributed by atoms with Gasteiger partial charge in [-0.15, -0.1) is 0 Å². The van der Waals surface area contributed by atoms with E-state index in [2.05, 4.69) is 10.3 Å². The van der Waals surface area contributed by atoms with E-state index in [-0.39, 0.29) is 11.5 Å². The molecule has 1 aromatic heterocycles. The maximum Gasteiger partial charge on any atom is 0.335 e. The number of carboxylic acid groups (broad SMARTS) is 1. The fourth-order valence-electron chi connectivity index (χ4n) is 1.99. The summed E-state index contributed by atoms with van der Waals surface area (Å²) in [5.74, 6) is 0.697. The summed E-state index contributed by atoms with van der Waals surface area (Å²) in [7, 11) is 0. The summed E-state index contributed by atoms with van der Waals surface area (Å²) in [4.78, 5) is 15.6. The zero-order chi connectivity index (χ0) is 15.2. The molecule has 1 saturated carbocycles. The van der Waals surface area contributed by atoms with Crippen molar-refractivity contribution in [2.24, 2.45) is 5.92 Å². The van der Waals surface area contributed by atoms with Crippen molar-refractivity contribution in [3.05, 3.63) is 23.4 Å². The maximum absolute atomic E-state index is 11.1. The molecule has 2 rings (SSSR count). The largest absolute Gasteiger partial charge is 0.478 e. The van der Waals surface area contributed by atoms with Crippen molar-refractivity contribution >= 4 is 11.8 Å². The van der Waals surface area contributed by atoms with Crippen molar-refractivity contribution in [1.82, 2.24) is 4.98 Å². The van der Waals surface area contributed by atoms with Crippen molar-refractivity contribution in [1.29, 1.82) is 0 Å². The molecule has 5 heteroatoms. The van der Waals surface area contributed by atoms with Crippen molar-refractivity contribution in [2.45, 2.75) is 39.0 Å². The van der Waals surface area contributed by atoms with Crippen LogP contribution in [0.1, 0.15) is 55.1 Å². The van der Waals surface area contributed by atoms with E-state index >= 15 is 0 Å². The predicted octanol–water partition coefficient (Wildman–Crippen LogP) is 3.13. The lowest BCUT2D eigenvalue weighted by Crippen LogP contribution is -2.10. The molecule has 116 valence electrons. The van der Waals surface area contributed by atoms with E-state index in [0.717, 1.165) is 37.8 Å². The molecule has 0 aliphatic heterocycles. The Balaban J connectivity index is 1.81. The molecule has 0 aromatic carbocycles. The topological polar surface area (TPSA) is 71.5 Å². The van der Waals surface area contributed by atoms with Gasteiger partial charge in [0.25, 0.3) is 0 Å². The molecule has 1 aliphatic rings. The van der Waals surface area contributed by atoms with Crippen LogP contribution in [0, 0.1) is 5.92 Å². The molecule has 0 spiro atoms. The van der Waals surface area contributed by atoms with Gasteiger partial charge in [0.2, 0.25) is 0 Å². The molecule has 0 bridgehead atoms. The van der Waals surface area contributed by atoms with E-state index in [1.165, 1.54) is 12.8 Å². The molecule has 1 aromatic rings. The molecule has 21 heavy (non-hydrogen) atoms. The van der Waals surface area contributed by atoms with E-state index in [4.69, 9.17) is 9.84 Å². The van der Waals surface area contributed by atoms with Crippen molar-refractivity contribution < 1.29 is 14.6 Å². The van der Waals surface area contributed by atoms with E-state index in [0.29, 0.717) is 5.82 Å². The number of carbonyl (C=O) groups is 1. The maximum atomic E-state index is 11.1. The number of anilines is 1. The lowest BCUT2D eigenvalue weighted by Gasteiger charge is -2.11. The monoisotopic (exact) mass is 292 g/mol. The summed E-state index contributed by atoms with van der Waals surface area (Å²) < 4.78 is 5.56. The van der Waals surface area contributed by atoms with Crippen LogP contribution in [0.3, 0.4) is 0 Å². The van der Waals surface area contributed by atoms with Crippen LogP contribution in [-0.2, 0) is 4.74 Å². The number of nitrogens with zero attached hydrogens (tertiary/aromatic N) is 1. The number of hydrogen-bond donors (Lipinski definition) is 2. The van der Waals surface area contributed by atoms with Crippen LogP contribution in [-0.4, -0.2) is 35.8 Å². The van der Waals surface area contributed by atoms with Crippen LogP contribution >= 0.6 is 0 Å². The number of aromatic nitrogens is 1. The summed E-state index contributed by atoms with van der Waals surface area (Å²) in [6, 6.07) is 3.22. The van der Waals surface area contributed by atoms with Gasteiger partial charge in [-0.3, -0.25) is 0 Å². The van der Waals surface area contributed by atoms with E-state index in [1.807, 2.05) is 13.8 Å². The molecule has 0 atom stereocenters. The Hall–Kier alpha value is -1.62. The molecule has 1 aliphatic carbocycles. The fourth-order valence-corrected chi connectivity index (χ4v) is 1.99. The molecule has 0 radical (unpaired) electrons. The highest BCUT2D eigenvalue weighted by Crippen LogP contribution is 2.28. The third kappa shape index (κ3) is 5.34. The lowest BCUT2D eigenvalue weighted by atomic mass is 10.1.